The number of ketones is 1. The van der Waals surface area contributed by atoms with Gasteiger partial charge >= 0.3 is 0 Å². The molecule has 0 spiro atoms. The molecule has 0 saturated heterocycles. The lowest BCUT2D eigenvalue weighted by atomic mass is 10.1. The maximum absolute atomic E-state index is 13.6. The van der Waals surface area contributed by atoms with Crippen molar-refractivity contribution in [2.75, 3.05) is 12.9 Å². The SMILES string of the molecule is COc1ccc(F)cc1C(=O)CSc1nc2ccccc2c(=O)n1Cc1ccco1. The van der Waals surface area contributed by atoms with Crippen LogP contribution in [0.3, 0.4) is 0 Å². The van der Waals surface area contributed by atoms with Crippen LogP contribution in [0.2, 0.25) is 0 Å². The molecule has 0 aliphatic carbocycles. The Bertz CT molecular complexity index is 1270. The van der Waals surface area contributed by atoms with E-state index < -0.39 is 5.82 Å². The number of methoxy groups -OCH3 is 1. The fraction of sp³-hybridized carbons (Fsp3) is 0.136. The van der Waals surface area contributed by atoms with Gasteiger partial charge < -0.3 is 9.15 Å². The highest BCUT2D eigenvalue weighted by Crippen LogP contribution is 2.24. The third kappa shape index (κ3) is 3.99. The first-order chi connectivity index (χ1) is 14.6. The van der Waals surface area contributed by atoms with Crippen LogP contribution >= 0.6 is 11.8 Å². The number of furan rings is 1. The zero-order chi connectivity index (χ0) is 21.1. The predicted molar refractivity (Wildman–Crippen MR) is 112 cm³/mol. The van der Waals surface area contributed by atoms with Gasteiger partial charge in [0.1, 0.15) is 17.3 Å². The number of benzene rings is 2. The Morgan fingerprint density at radius 2 is 2.03 bits per heavy atom. The average molecular weight is 424 g/mol. The zero-order valence-electron chi connectivity index (χ0n) is 16.0. The Morgan fingerprint density at radius 1 is 1.20 bits per heavy atom. The van der Waals surface area contributed by atoms with Gasteiger partial charge in [-0.25, -0.2) is 9.37 Å². The predicted octanol–water partition coefficient (Wildman–Crippen LogP) is 4.16. The molecule has 0 atom stereocenters. The first-order valence-corrected chi connectivity index (χ1v) is 10.1. The lowest BCUT2D eigenvalue weighted by Crippen LogP contribution is -2.24. The number of Topliss-reactive ketones (excluding diaryl/α,β-unsaturated/α-hetero) is 1. The molecule has 8 heteroatoms. The van der Waals surface area contributed by atoms with Crippen molar-refractivity contribution in [3.05, 3.63) is 88.4 Å². The highest BCUT2D eigenvalue weighted by molar-refractivity contribution is 7.99. The molecule has 6 nitrogen and oxygen atoms in total. The second-order valence-electron chi connectivity index (χ2n) is 6.44. The maximum Gasteiger partial charge on any atom is 0.262 e. The van der Waals surface area contributed by atoms with Gasteiger partial charge in [-0.05, 0) is 42.5 Å². The summed E-state index contributed by atoms with van der Waals surface area (Å²) in [6.07, 6.45) is 1.53. The van der Waals surface area contributed by atoms with Gasteiger partial charge in [-0.15, -0.1) is 0 Å². The van der Waals surface area contributed by atoms with Crippen LogP contribution in [0.5, 0.6) is 5.75 Å². The number of para-hydroxylation sites is 1. The van der Waals surface area contributed by atoms with E-state index in [-0.39, 0.29) is 29.2 Å². The molecule has 0 radical (unpaired) electrons. The van der Waals surface area contributed by atoms with E-state index >= 15 is 0 Å². The molecule has 0 bridgehead atoms. The van der Waals surface area contributed by atoms with Crippen molar-refractivity contribution < 1.29 is 18.3 Å². The molecule has 0 aliphatic rings. The summed E-state index contributed by atoms with van der Waals surface area (Å²) >= 11 is 1.11. The molecule has 0 fully saturated rings. The number of carbonyl (C=O) groups is 1. The van der Waals surface area contributed by atoms with Crippen molar-refractivity contribution in [2.24, 2.45) is 0 Å². The molecule has 0 aliphatic heterocycles. The number of hydrogen-bond acceptors (Lipinski definition) is 6. The summed E-state index contributed by atoms with van der Waals surface area (Å²) in [4.78, 5) is 30.3. The Balaban J connectivity index is 1.69. The second-order valence-corrected chi connectivity index (χ2v) is 7.38. The number of hydrogen-bond donors (Lipinski definition) is 0. The molecule has 2 aromatic heterocycles. The molecule has 0 saturated carbocycles. The Hall–Kier alpha value is -3.39. The van der Waals surface area contributed by atoms with Gasteiger partial charge in [-0.1, -0.05) is 23.9 Å². The first kappa shape index (κ1) is 19.9. The van der Waals surface area contributed by atoms with Crippen molar-refractivity contribution in [1.82, 2.24) is 9.55 Å². The number of carbonyl (C=O) groups excluding carboxylic acids is 1. The van der Waals surface area contributed by atoms with Crippen LogP contribution in [-0.4, -0.2) is 28.2 Å². The van der Waals surface area contributed by atoms with Gasteiger partial charge in [-0.2, -0.15) is 0 Å². The minimum Gasteiger partial charge on any atom is -0.496 e. The number of fused-ring (bicyclic) bond motifs is 1. The van der Waals surface area contributed by atoms with Crippen molar-refractivity contribution in [1.29, 1.82) is 0 Å². The highest BCUT2D eigenvalue weighted by atomic mass is 32.2. The first-order valence-electron chi connectivity index (χ1n) is 9.08. The average Bonchev–Trinajstić information content (AvgIpc) is 3.27. The van der Waals surface area contributed by atoms with Crippen molar-refractivity contribution in [2.45, 2.75) is 11.7 Å². The minimum atomic E-state index is -0.525. The molecular weight excluding hydrogens is 407 g/mol. The Labute approximate surface area is 175 Å². The van der Waals surface area contributed by atoms with Crippen LogP contribution < -0.4 is 10.3 Å². The summed E-state index contributed by atoms with van der Waals surface area (Å²) in [5.41, 5.74) is 0.456. The van der Waals surface area contributed by atoms with E-state index in [1.54, 1.807) is 36.4 Å². The van der Waals surface area contributed by atoms with Gasteiger partial charge in [0.05, 0.1) is 42.1 Å². The quantitative estimate of drug-likeness (QED) is 0.252. The van der Waals surface area contributed by atoms with Crippen LogP contribution in [-0.2, 0) is 6.54 Å². The van der Waals surface area contributed by atoms with Crippen LogP contribution in [0.15, 0.2) is 75.2 Å². The van der Waals surface area contributed by atoms with Crippen LogP contribution in [0.4, 0.5) is 4.39 Å². The smallest absolute Gasteiger partial charge is 0.262 e. The number of thioether (sulfide) groups is 1. The van der Waals surface area contributed by atoms with E-state index in [9.17, 15) is 14.0 Å². The Kier molecular flexibility index (Phi) is 5.67. The molecule has 30 heavy (non-hydrogen) atoms. The van der Waals surface area contributed by atoms with Crippen molar-refractivity contribution in [3.63, 3.8) is 0 Å². The summed E-state index contributed by atoms with van der Waals surface area (Å²) in [7, 11) is 1.42. The number of nitrogens with zero attached hydrogens (tertiary/aromatic N) is 2. The second kappa shape index (κ2) is 8.54. The van der Waals surface area contributed by atoms with E-state index in [1.165, 1.54) is 30.1 Å². The van der Waals surface area contributed by atoms with E-state index in [0.717, 1.165) is 17.8 Å². The van der Waals surface area contributed by atoms with Crippen LogP contribution in [0.1, 0.15) is 16.1 Å². The van der Waals surface area contributed by atoms with Gasteiger partial charge in [-0.3, -0.25) is 14.2 Å². The van der Waals surface area contributed by atoms with Crippen molar-refractivity contribution in [3.8, 4) is 5.75 Å². The van der Waals surface area contributed by atoms with E-state index in [4.69, 9.17) is 9.15 Å². The fourth-order valence-corrected chi connectivity index (χ4v) is 3.94. The molecule has 152 valence electrons. The molecular formula is C22H17FN2O4S. The topological polar surface area (TPSA) is 74.3 Å². The van der Waals surface area contributed by atoms with Crippen LogP contribution in [0.25, 0.3) is 10.9 Å². The van der Waals surface area contributed by atoms with E-state index in [0.29, 0.717) is 27.6 Å². The Morgan fingerprint density at radius 3 is 2.80 bits per heavy atom. The molecule has 4 rings (SSSR count). The van der Waals surface area contributed by atoms with Gasteiger partial charge in [0, 0.05) is 0 Å². The maximum atomic E-state index is 13.6. The number of halogens is 1. The molecule has 0 unspecified atom stereocenters. The lowest BCUT2D eigenvalue weighted by molar-refractivity contribution is 0.101. The molecule has 0 amide bonds. The van der Waals surface area contributed by atoms with E-state index in [2.05, 4.69) is 4.98 Å². The summed E-state index contributed by atoms with van der Waals surface area (Å²) in [6, 6.07) is 14.3. The lowest BCUT2D eigenvalue weighted by Gasteiger charge is -2.12. The largest absolute Gasteiger partial charge is 0.496 e. The molecule has 2 aromatic carbocycles. The van der Waals surface area contributed by atoms with E-state index in [1.807, 2.05) is 0 Å². The third-order valence-corrected chi connectivity index (χ3v) is 5.49. The summed E-state index contributed by atoms with van der Waals surface area (Å²) < 4.78 is 25.6. The number of ether oxygens (including phenoxy) is 1. The zero-order valence-corrected chi connectivity index (χ0v) is 16.8. The minimum absolute atomic E-state index is 0.0389. The summed E-state index contributed by atoms with van der Waals surface area (Å²) in [5, 5.41) is 0.852. The molecule has 2 heterocycles. The van der Waals surface area contributed by atoms with Crippen molar-refractivity contribution >= 4 is 28.4 Å². The standard InChI is InChI=1S/C22H17FN2O4S/c1-28-20-9-8-14(23)11-17(20)19(26)13-30-22-24-18-7-3-2-6-16(18)21(27)25(22)12-15-5-4-10-29-15/h2-11H,12-13H2,1H3. The number of rotatable bonds is 7. The van der Waals surface area contributed by atoms with Gasteiger partial charge in [0.15, 0.2) is 10.9 Å². The monoisotopic (exact) mass is 424 g/mol. The highest BCUT2D eigenvalue weighted by Gasteiger charge is 2.18. The molecule has 4 aromatic rings. The normalized spacial score (nSPS) is 11.0. The fourth-order valence-electron chi connectivity index (χ4n) is 3.06. The molecule has 0 N–H and O–H groups in total. The third-order valence-electron chi connectivity index (χ3n) is 4.51. The number of aromatic nitrogens is 2. The van der Waals surface area contributed by atoms with Crippen LogP contribution in [0, 0.1) is 5.82 Å². The van der Waals surface area contributed by atoms with Gasteiger partial charge in [0.25, 0.3) is 5.56 Å². The summed E-state index contributed by atoms with van der Waals surface area (Å²) in [5.74, 6) is -0.00966. The summed E-state index contributed by atoms with van der Waals surface area (Å²) in [6.45, 7) is 0.184. The van der Waals surface area contributed by atoms with Gasteiger partial charge in [0.2, 0.25) is 0 Å².